The van der Waals surface area contributed by atoms with Gasteiger partial charge in [-0.15, -0.1) is 0 Å². The molecule has 1 N–H and O–H groups in total. The Labute approximate surface area is 104 Å². The van der Waals surface area contributed by atoms with E-state index in [1.165, 1.54) is 0 Å². The Balaban J connectivity index is 1.73. The summed E-state index contributed by atoms with van der Waals surface area (Å²) in [5, 5.41) is 2.61. The van der Waals surface area contributed by atoms with Crippen LogP contribution in [0.15, 0.2) is 12.3 Å². The predicted octanol–water partition coefficient (Wildman–Crippen LogP) is 1.49. The van der Waals surface area contributed by atoms with Crippen LogP contribution in [0.4, 0.5) is 8.78 Å². The van der Waals surface area contributed by atoms with Crippen molar-refractivity contribution in [3.05, 3.63) is 23.8 Å². The summed E-state index contributed by atoms with van der Waals surface area (Å²) >= 11 is 0. The fourth-order valence-corrected chi connectivity index (χ4v) is 1.82. The SMILES string of the molecule is Cc1nccc(CCC(=O)N[C@H]2C[C@@H]2C(F)F)n1. The maximum Gasteiger partial charge on any atom is 0.243 e. The summed E-state index contributed by atoms with van der Waals surface area (Å²) in [7, 11) is 0. The highest BCUT2D eigenvalue weighted by molar-refractivity contribution is 5.76. The highest BCUT2D eigenvalue weighted by Crippen LogP contribution is 2.35. The van der Waals surface area contributed by atoms with E-state index in [2.05, 4.69) is 15.3 Å². The van der Waals surface area contributed by atoms with Crippen molar-refractivity contribution in [2.24, 2.45) is 5.92 Å². The van der Waals surface area contributed by atoms with Crippen molar-refractivity contribution in [1.29, 1.82) is 0 Å². The van der Waals surface area contributed by atoms with Crippen molar-refractivity contribution in [1.82, 2.24) is 15.3 Å². The van der Waals surface area contributed by atoms with Gasteiger partial charge in [0.2, 0.25) is 12.3 Å². The molecule has 18 heavy (non-hydrogen) atoms. The lowest BCUT2D eigenvalue weighted by Gasteiger charge is -2.04. The van der Waals surface area contributed by atoms with Crippen molar-refractivity contribution in [3.8, 4) is 0 Å². The summed E-state index contributed by atoms with van der Waals surface area (Å²) in [6.45, 7) is 1.78. The molecule has 0 radical (unpaired) electrons. The van der Waals surface area contributed by atoms with Crippen LogP contribution < -0.4 is 5.32 Å². The first-order valence-electron chi connectivity index (χ1n) is 5.92. The number of carbonyl (C=O) groups excluding carboxylic acids is 1. The molecular formula is C12H15F2N3O. The van der Waals surface area contributed by atoms with E-state index >= 15 is 0 Å². The third kappa shape index (κ3) is 3.45. The zero-order chi connectivity index (χ0) is 13.1. The quantitative estimate of drug-likeness (QED) is 0.867. The van der Waals surface area contributed by atoms with Gasteiger partial charge in [-0.1, -0.05) is 0 Å². The van der Waals surface area contributed by atoms with Crippen LogP contribution in [-0.2, 0) is 11.2 Å². The second-order valence-electron chi connectivity index (χ2n) is 4.50. The largest absolute Gasteiger partial charge is 0.353 e. The molecule has 1 aromatic rings. The predicted molar refractivity (Wildman–Crippen MR) is 61.1 cm³/mol. The van der Waals surface area contributed by atoms with E-state index in [0.717, 1.165) is 5.69 Å². The number of hydrogen-bond donors (Lipinski definition) is 1. The summed E-state index contributed by atoms with van der Waals surface area (Å²) in [4.78, 5) is 19.7. The van der Waals surface area contributed by atoms with Crippen molar-refractivity contribution >= 4 is 5.91 Å². The van der Waals surface area contributed by atoms with Gasteiger partial charge in [-0.05, 0) is 25.8 Å². The maximum absolute atomic E-state index is 12.2. The average molecular weight is 255 g/mol. The molecule has 2 rings (SSSR count). The van der Waals surface area contributed by atoms with Crippen molar-refractivity contribution in [2.45, 2.75) is 38.7 Å². The van der Waals surface area contributed by atoms with E-state index in [1.807, 2.05) is 0 Å². The molecule has 0 aliphatic heterocycles. The van der Waals surface area contributed by atoms with Gasteiger partial charge in [-0.3, -0.25) is 4.79 Å². The minimum atomic E-state index is -2.33. The molecule has 0 spiro atoms. The Morgan fingerprint density at radius 1 is 1.61 bits per heavy atom. The molecule has 0 aromatic carbocycles. The van der Waals surface area contributed by atoms with E-state index in [-0.39, 0.29) is 18.4 Å². The van der Waals surface area contributed by atoms with Gasteiger partial charge in [0, 0.05) is 30.3 Å². The van der Waals surface area contributed by atoms with Gasteiger partial charge in [-0.25, -0.2) is 18.7 Å². The second-order valence-corrected chi connectivity index (χ2v) is 4.50. The zero-order valence-electron chi connectivity index (χ0n) is 10.1. The van der Waals surface area contributed by atoms with Crippen LogP contribution in [0.25, 0.3) is 0 Å². The smallest absolute Gasteiger partial charge is 0.243 e. The molecule has 1 heterocycles. The molecule has 1 fully saturated rings. The summed E-state index contributed by atoms with van der Waals surface area (Å²) in [6.07, 6.45) is 0.462. The summed E-state index contributed by atoms with van der Waals surface area (Å²) in [6, 6.07) is 1.41. The van der Waals surface area contributed by atoms with Crippen molar-refractivity contribution < 1.29 is 13.6 Å². The Morgan fingerprint density at radius 3 is 3.00 bits per heavy atom. The number of alkyl halides is 2. The number of aromatic nitrogens is 2. The highest BCUT2D eigenvalue weighted by atomic mass is 19.3. The van der Waals surface area contributed by atoms with Gasteiger partial charge in [0.1, 0.15) is 5.82 Å². The monoisotopic (exact) mass is 255 g/mol. The Morgan fingerprint density at radius 2 is 2.39 bits per heavy atom. The van der Waals surface area contributed by atoms with Gasteiger partial charge in [0.25, 0.3) is 0 Å². The van der Waals surface area contributed by atoms with Crippen LogP contribution in [0, 0.1) is 12.8 Å². The van der Waals surface area contributed by atoms with Gasteiger partial charge in [0.15, 0.2) is 0 Å². The van der Waals surface area contributed by atoms with Crippen LogP contribution in [0.1, 0.15) is 24.4 Å². The molecule has 1 aromatic heterocycles. The summed E-state index contributed by atoms with van der Waals surface area (Å²) < 4.78 is 24.5. The van der Waals surface area contributed by atoms with Gasteiger partial charge < -0.3 is 5.32 Å². The number of nitrogens with zero attached hydrogens (tertiary/aromatic N) is 2. The van der Waals surface area contributed by atoms with E-state index in [0.29, 0.717) is 18.7 Å². The third-order valence-electron chi connectivity index (χ3n) is 2.95. The van der Waals surface area contributed by atoms with Crippen LogP contribution >= 0.6 is 0 Å². The molecular weight excluding hydrogens is 240 g/mol. The lowest BCUT2D eigenvalue weighted by atomic mass is 10.2. The van der Waals surface area contributed by atoms with Crippen LogP contribution in [0.2, 0.25) is 0 Å². The first-order chi connectivity index (χ1) is 8.56. The minimum absolute atomic E-state index is 0.195. The number of nitrogens with one attached hydrogen (secondary N) is 1. The first kappa shape index (κ1) is 12.9. The summed E-state index contributed by atoms with van der Waals surface area (Å²) in [5.74, 6) is -0.192. The van der Waals surface area contributed by atoms with Crippen LogP contribution in [0.3, 0.4) is 0 Å². The maximum atomic E-state index is 12.2. The molecule has 4 nitrogen and oxygen atoms in total. The lowest BCUT2D eigenvalue weighted by molar-refractivity contribution is -0.121. The second kappa shape index (κ2) is 5.37. The number of halogens is 2. The molecule has 0 bridgehead atoms. The van der Waals surface area contributed by atoms with Crippen molar-refractivity contribution in [3.63, 3.8) is 0 Å². The normalized spacial score (nSPS) is 22.0. The molecule has 1 amide bonds. The summed E-state index contributed by atoms with van der Waals surface area (Å²) in [5.41, 5.74) is 0.791. The number of carbonyl (C=O) groups is 1. The molecule has 0 saturated heterocycles. The van der Waals surface area contributed by atoms with E-state index in [9.17, 15) is 13.6 Å². The number of aryl methyl sites for hydroxylation is 2. The number of rotatable bonds is 5. The van der Waals surface area contributed by atoms with Crippen molar-refractivity contribution in [2.75, 3.05) is 0 Å². The molecule has 1 saturated carbocycles. The lowest BCUT2D eigenvalue weighted by Crippen LogP contribution is -2.28. The fourth-order valence-electron chi connectivity index (χ4n) is 1.82. The molecule has 2 atom stereocenters. The Kier molecular flexibility index (Phi) is 3.84. The Bertz CT molecular complexity index is 439. The molecule has 0 unspecified atom stereocenters. The fraction of sp³-hybridized carbons (Fsp3) is 0.583. The first-order valence-corrected chi connectivity index (χ1v) is 5.92. The van der Waals surface area contributed by atoms with E-state index < -0.39 is 12.3 Å². The molecule has 6 heteroatoms. The average Bonchev–Trinajstić information content (AvgIpc) is 3.06. The standard InChI is InChI=1S/C12H15F2N3O/c1-7-15-5-4-8(16-7)2-3-11(18)17-10-6-9(10)12(13)14/h4-5,9-10,12H,2-3,6H2,1H3,(H,17,18)/t9-,10-/m0/s1. The number of hydrogen-bond acceptors (Lipinski definition) is 3. The third-order valence-corrected chi connectivity index (χ3v) is 2.95. The molecule has 1 aliphatic carbocycles. The highest BCUT2D eigenvalue weighted by Gasteiger charge is 2.44. The van der Waals surface area contributed by atoms with E-state index in [4.69, 9.17) is 0 Å². The zero-order valence-corrected chi connectivity index (χ0v) is 10.1. The van der Waals surface area contributed by atoms with Crippen LogP contribution in [0.5, 0.6) is 0 Å². The molecule has 98 valence electrons. The molecule has 1 aliphatic rings. The van der Waals surface area contributed by atoms with Gasteiger partial charge >= 0.3 is 0 Å². The van der Waals surface area contributed by atoms with Gasteiger partial charge in [-0.2, -0.15) is 0 Å². The Hall–Kier alpha value is -1.59. The minimum Gasteiger partial charge on any atom is -0.353 e. The van der Waals surface area contributed by atoms with E-state index in [1.54, 1.807) is 19.2 Å². The number of amides is 1. The van der Waals surface area contributed by atoms with Gasteiger partial charge in [0.05, 0.1) is 0 Å². The van der Waals surface area contributed by atoms with Crippen LogP contribution in [-0.4, -0.2) is 28.3 Å². The topological polar surface area (TPSA) is 54.9 Å².